The van der Waals surface area contributed by atoms with Crippen LogP contribution in [0.25, 0.3) is 0 Å². The van der Waals surface area contributed by atoms with Gasteiger partial charge in [-0.2, -0.15) is 0 Å². The van der Waals surface area contributed by atoms with Crippen LogP contribution in [0.2, 0.25) is 0 Å². The largest absolute Gasteiger partial charge is 0.494 e. The van der Waals surface area contributed by atoms with Gasteiger partial charge in [-0.25, -0.2) is 0 Å². The number of ether oxygens (including phenoxy) is 1. The normalized spacial score (nSPS) is 18.7. The van der Waals surface area contributed by atoms with Crippen LogP contribution in [0.5, 0.6) is 5.75 Å². The average molecular weight is 261 g/mol. The minimum Gasteiger partial charge on any atom is -0.494 e. The minimum atomic E-state index is 0.413. The van der Waals surface area contributed by atoms with Gasteiger partial charge in [-0.15, -0.1) is 0 Å². The van der Waals surface area contributed by atoms with Gasteiger partial charge in [-0.3, -0.25) is 0 Å². The Labute approximate surface area is 117 Å². The molecule has 0 saturated heterocycles. The first-order chi connectivity index (χ1) is 9.20. The highest BCUT2D eigenvalue weighted by Crippen LogP contribution is 2.30. The van der Waals surface area contributed by atoms with Crippen LogP contribution in [-0.4, -0.2) is 12.6 Å². The van der Waals surface area contributed by atoms with Crippen molar-refractivity contribution in [2.24, 2.45) is 5.92 Å². The zero-order valence-electron chi connectivity index (χ0n) is 12.5. The predicted octanol–water partition coefficient (Wildman–Crippen LogP) is 4.31. The van der Waals surface area contributed by atoms with Crippen LogP contribution in [0.3, 0.4) is 0 Å². The molecule has 1 aliphatic rings. The lowest BCUT2D eigenvalue weighted by Crippen LogP contribution is -2.38. The number of hydrogen-bond donors (Lipinski definition) is 1. The molecule has 0 heterocycles. The van der Waals surface area contributed by atoms with Crippen LogP contribution in [0.15, 0.2) is 24.3 Å². The minimum absolute atomic E-state index is 0.413. The summed E-state index contributed by atoms with van der Waals surface area (Å²) >= 11 is 0. The molecule has 2 atom stereocenters. The molecule has 0 aromatic heterocycles. The van der Waals surface area contributed by atoms with Crippen molar-refractivity contribution in [1.82, 2.24) is 5.32 Å². The Morgan fingerprint density at radius 2 is 1.89 bits per heavy atom. The molecule has 0 bridgehead atoms. The molecule has 0 aliphatic heterocycles. The van der Waals surface area contributed by atoms with Crippen molar-refractivity contribution in [2.75, 3.05) is 6.61 Å². The van der Waals surface area contributed by atoms with E-state index in [1.165, 1.54) is 24.8 Å². The van der Waals surface area contributed by atoms with Gasteiger partial charge in [0, 0.05) is 12.1 Å². The standard InChI is InChI=1S/C17H27NO/c1-4-12-19-17-10-8-16(9-11-17)14(3)18-13(2)15-6-5-7-15/h8-11,13-15,18H,4-7,12H2,1-3H3. The lowest BCUT2D eigenvalue weighted by molar-refractivity contribution is 0.229. The van der Waals surface area contributed by atoms with Crippen molar-refractivity contribution in [3.8, 4) is 5.75 Å². The molecule has 1 aliphatic carbocycles. The molecule has 1 N–H and O–H groups in total. The fourth-order valence-corrected chi connectivity index (χ4v) is 2.64. The predicted molar refractivity (Wildman–Crippen MR) is 80.6 cm³/mol. The molecule has 2 unspecified atom stereocenters. The van der Waals surface area contributed by atoms with Gasteiger partial charge in [0.05, 0.1) is 6.61 Å². The summed E-state index contributed by atoms with van der Waals surface area (Å²) in [5.41, 5.74) is 1.34. The van der Waals surface area contributed by atoms with Crippen molar-refractivity contribution in [2.45, 2.75) is 58.5 Å². The summed E-state index contributed by atoms with van der Waals surface area (Å²) in [4.78, 5) is 0. The Hall–Kier alpha value is -1.02. The Morgan fingerprint density at radius 1 is 1.21 bits per heavy atom. The summed E-state index contributed by atoms with van der Waals surface area (Å²) in [5.74, 6) is 1.86. The molecule has 106 valence electrons. The molecule has 0 radical (unpaired) electrons. The molecule has 19 heavy (non-hydrogen) atoms. The Morgan fingerprint density at radius 3 is 2.42 bits per heavy atom. The second-order valence-corrected chi connectivity index (χ2v) is 5.79. The number of nitrogens with one attached hydrogen (secondary N) is 1. The second kappa shape index (κ2) is 6.95. The fraction of sp³-hybridized carbons (Fsp3) is 0.647. The third kappa shape index (κ3) is 3.97. The Kier molecular flexibility index (Phi) is 5.26. The molecule has 2 rings (SSSR count). The zero-order valence-corrected chi connectivity index (χ0v) is 12.5. The van der Waals surface area contributed by atoms with E-state index in [1.54, 1.807) is 0 Å². The molecular weight excluding hydrogens is 234 g/mol. The first kappa shape index (κ1) is 14.4. The lowest BCUT2D eigenvalue weighted by Gasteiger charge is -2.34. The topological polar surface area (TPSA) is 21.3 Å². The molecule has 2 heteroatoms. The van der Waals surface area contributed by atoms with Crippen molar-refractivity contribution in [1.29, 1.82) is 0 Å². The van der Waals surface area contributed by atoms with Crippen LogP contribution in [-0.2, 0) is 0 Å². The lowest BCUT2D eigenvalue weighted by atomic mass is 9.80. The van der Waals surface area contributed by atoms with Crippen LogP contribution < -0.4 is 10.1 Å². The third-order valence-electron chi connectivity index (χ3n) is 4.22. The summed E-state index contributed by atoms with van der Waals surface area (Å²) in [6.45, 7) is 7.49. The highest BCUT2D eigenvalue weighted by atomic mass is 16.5. The van der Waals surface area contributed by atoms with Gasteiger partial charge in [0.25, 0.3) is 0 Å². The quantitative estimate of drug-likeness (QED) is 0.789. The van der Waals surface area contributed by atoms with E-state index in [-0.39, 0.29) is 0 Å². The van der Waals surface area contributed by atoms with E-state index in [4.69, 9.17) is 4.74 Å². The Bertz CT molecular complexity index is 369. The van der Waals surface area contributed by atoms with E-state index in [1.807, 2.05) is 0 Å². The van der Waals surface area contributed by atoms with Crippen LogP contribution in [0, 0.1) is 5.92 Å². The van der Waals surface area contributed by atoms with Gasteiger partial charge in [0.2, 0.25) is 0 Å². The summed E-state index contributed by atoms with van der Waals surface area (Å²) < 4.78 is 5.62. The van der Waals surface area contributed by atoms with Crippen molar-refractivity contribution < 1.29 is 4.74 Å². The molecule has 1 aromatic rings. The summed E-state index contributed by atoms with van der Waals surface area (Å²) in [7, 11) is 0. The van der Waals surface area contributed by atoms with E-state index >= 15 is 0 Å². The highest BCUT2D eigenvalue weighted by molar-refractivity contribution is 5.29. The second-order valence-electron chi connectivity index (χ2n) is 5.79. The highest BCUT2D eigenvalue weighted by Gasteiger charge is 2.24. The molecule has 1 saturated carbocycles. The maximum atomic E-state index is 5.62. The maximum absolute atomic E-state index is 5.62. The number of rotatable bonds is 7. The van der Waals surface area contributed by atoms with Crippen LogP contribution in [0.1, 0.15) is 58.1 Å². The van der Waals surface area contributed by atoms with E-state index in [2.05, 4.69) is 50.4 Å². The maximum Gasteiger partial charge on any atom is 0.119 e. The number of hydrogen-bond acceptors (Lipinski definition) is 2. The summed E-state index contributed by atoms with van der Waals surface area (Å²) in [6.07, 6.45) is 5.25. The molecule has 0 spiro atoms. The SMILES string of the molecule is CCCOc1ccc(C(C)NC(C)C2CCC2)cc1. The van der Waals surface area contributed by atoms with Gasteiger partial charge >= 0.3 is 0 Å². The third-order valence-corrected chi connectivity index (χ3v) is 4.22. The average Bonchev–Trinajstić information content (AvgIpc) is 2.34. The Balaban J connectivity index is 1.85. The van der Waals surface area contributed by atoms with Gasteiger partial charge in [0.1, 0.15) is 5.75 Å². The summed E-state index contributed by atoms with van der Waals surface area (Å²) in [6, 6.07) is 9.55. The first-order valence-electron chi connectivity index (χ1n) is 7.69. The molecule has 0 amide bonds. The smallest absolute Gasteiger partial charge is 0.119 e. The number of benzene rings is 1. The molecule has 1 aromatic carbocycles. The van der Waals surface area contributed by atoms with Gasteiger partial charge < -0.3 is 10.1 Å². The van der Waals surface area contributed by atoms with Gasteiger partial charge in [-0.1, -0.05) is 25.5 Å². The summed E-state index contributed by atoms with van der Waals surface area (Å²) in [5, 5.41) is 3.72. The first-order valence-corrected chi connectivity index (χ1v) is 7.69. The van der Waals surface area contributed by atoms with Crippen molar-refractivity contribution in [3.63, 3.8) is 0 Å². The molecule has 2 nitrogen and oxygen atoms in total. The van der Waals surface area contributed by atoms with Crippen molar-refractivity contribution in [3.05, 3.63) is 29.8 Å². The van der Waals surface area contributed by atoms with E-state index in [0.717, 1.165) is 24.7 Å². The van der Waals surface area contributed by atoms with Crippen LogP contribution >= 0.6 is 0 Å². The van der Waals surface area contributed by atoms with E-state index < -0.39 is 0 Å². The monoisotopic (exact) mass is 261 g/mol. The van der Waals surface area contributed by atoms with Gasteiger partial charge in [-0.05, 0) is 56.7 Å². The molecular formula is C17H27NO. The zero-order chi connectivity index (χ0) is 13.7. The fourth-order valence-electron chi connectivity index (χ4n) is 2.64. The molecule has 1 fully saturated rings. The van der Waals surface area contributed by atoms with E-state index in [0.29, 0.717) is 12.1 Å². The van der Waals surface area contributed by atoms with Crippen molar-refractivity contribution >= 4 is 0 Å². The van der Waals surface area contributed by atoms with E-state index in [9.17, 15) is 0 Å². The van der Waals surface area contributed by atoms with Gasteiger partial charge in [0.15, 0.2) is 0 Å². The van der Waals surface area contributed by atoms with Crippen LogP contribution in [0.4, 0.5) is 0 Å².